The number of rotatable bonds is 10. The van der Waals surface area contributed by atoms with E-state index in [1.54, 1.807) is 49.4 Å². The largest absolute Gasteiger partial charge is 0.462 e. The zero-order chi connectivity index (χ0) is 33.7. The van der Waals surface area contributed by atoms with Gasteiger partial charge in [-0.15, -0.1) is 0 Å². The highest BCUT2D eigenvalue weighted by molar-refractivity contribution is 7.80. The normalized spacial score (nSPS) is 21.0. The standard InChI is InChI=1S/C32H29NO13S/c1-18-15-26(35)43-24-16-22(13-14-23(18)24)42-32-27(33-19(2)34)29(46-31(37)21-11-7-4-8-12-21)28(25(44-32)17-41-47(38,39)40)45-30(36)20-9-5-3-6-10-20/h3-16,25,27-29,32H,17H2,1-2H3,(H,33,34)(H,38,39,40)/t25-,27-,28-,29-,32+/m1/s1. The number of nitrogens with one attached hydrogen (secondary N) is 1. The number of ether oxygens (including phenoxy) is 4. The molecule has 47 heavy (non-hydrogen) atoms. The van der Waals surface area contributed by atoms with Crippen molar-refractivity contribution in [3.05, 3.63) is 112 Å². The maximum atomic E-state index is 13.4. The number of hydrogen-bond donors (Lipinski definition) is 2. The van der Waals surface area contributed by atoms with E-state index in [0.29, 0.717) is 10.9 Å². The summed E-state index contributed by atoms with van der Waals surface area (Å²) in [6.45, 7) is 1.97. The molecule has 2 N–H and O–H groups in total. The predicted molar refractivity (Wildman–Crippen MR) is 163 cm³/mol. The summed E-state index contributed by atoms with van der Waals surface area (Å²) in [5.41, 5.74) is 0.420. The van der Waals surface area contributed by atoms with E-state index in [-0.39, 0.29) is 22.5 Å². The molecular formula is C32H29NO13S. The molecule has 15 heteroatoms. The van der Waals surface area contributed by atoms with Gasteiger partial charge in [0.15, 0.2) is 12.2 Å². The van der Waals surface area contributed by atoms with Gasteiger partial charge in [-0.25, -0.2) is 18.6 Å². The van der Waals surface area contributed by atoms with Gasteiger partial charge < -0.3 is 28.7 Å². The van der Waals surface area contributed by atoms with Crippen LogP contribution < -0.4 is 15.7 Å². The van der Waals surface area contributed by atoms with Crippen LogP contribution in [0, 0.1) is 6.92 Å². The van der Waals surface area contributed by atoms with E-state index in [2.05, 4.69) is 9.50 Å². The van der Waals surface area contributed by atoms with E-state index in [1.807, 2.05) is 0 Å². The Morgan fingerprint density at radius 1 is 0.872 bits per heavy atom. The summed E-state index contributed by atoms with van der Waals surface area (Å²) >= 11 is 0. The Labute approximate surface area is 268 Å². The van der Waals surface area contributed by atoms with Crippen molar-refractivity contribution in [3.63, 3.8) is 0 Å². The monoisotopic (exact) mass is 667 g/mol. The lowest BCUT2D eigenvalue weighted by molar-refractivity contribution is -0.242. The van der Waals surface area contributed by atoms with Gasteiger partial charge in [0.2, 0.25) is 12.2 Å². The van der Waals surface area contributed by atoms with Crippen molar-refractivity contribution < 1.29 is 54.9 Å². The van der Waals surface area contributed by atoms with E-state index in [4.69, 9.17) is 23.4 Å². The molecule has 0 aliphatic carbocycles. The average molecular weight is 668 g/mol. The van der Waals surface area contributed by atoms with Gasteiger partial charge in [-0.05, 0) is 48.9 Å². The first-order chi connectivity index (χ1) is 22.4. The molecule has 1 aliphatic heterocycles. The maximum absolute atomic E-state index is 13.4. The summed E-state index contributed by atoms with van der Waals surface area (Å²) in [5.74, 6) is -2.33. The fourth-order valence-electron chi connectivity index (χ4n) is 5.01. The quantitative estimate of drug-likeness (QED) is 0.143. The van der Waals surface area contributed by atoms with Crippen molar-refractivity contribution in [2.24, 2.45) is 0 Å². The third-order valence-electron chi connectivity index (χ3n) is 7.08. The van der Waals surface area contributed by atoms with E-state index in [9.17, 15) is 32.1 Å². The lowest BCUT2D eigenvalue weighted by atomic mass is 9.95. The number of carbonyl (C=O) groups excluding carboxylic acids is 3. The fourth-order valence-corrected chi connectivity index (χ4v) is 5.31. The van der Waals surface area contributed by atoms with Crippen molar-refractivity contribution in [1.29, 1.82) is 0 Å². The molecule has 4 aromatic rings. The van der Waals surface area contributed by atoms with Gasteiger partial charge >= 0.3 is 28.0 Å². The van der Waals surface area contributed by atoms with Crippen molar-refractivity contribution in [2.45, 2.75) is 44.5 Å². The Kier molecular flexibility index (Phi) is 10.0. The molecule has 14 nitrogen and oxygen atoms in total. The van der Waals surface area contributed by atoms with Crippen LogP contribution >= 0.6 is 0 Å². The summed E-state index contributed by atoms with van der Waals surface area (Å²) in [6, 6.07) is 20.0. The number of carbonyl (C=O) groups is 3. The Balaban J connectivity index is 1.58. The highest BCUT2D eigenvalue weighted by atomic mass is 32.3. The first-order valence-corrected chi connectivity index (χ1v) is 15.5. The Hall–Kier alpha value is -5.09. The van der Waals surface area contributed by atoms with E-state index in [1.165, 1.54) is 49.4 Å². The van der Waals surface area contributed by atoms with E-state index >= 15 is 0 Å². The van der Waals surface area contributed by atoms with Gasteiger partial charge in [0.25, 0.3) is 0 Å². The van der Waals surface area contributed by atoms with Gasteiger partial charge in [-0.2, -0.15) is 8.42 Å². The summed E-state index contributed by atoms with van der Waals surface area (Å²) in [6.07, 6.45) is -6.31. The van der Waals surface area contributed by atoms with Crippen molar-refractivity contribution >= 4 is 39.2 Å². The molecule has 1 fully saturated rings. The molecule has 0 spiro atoms. The number of benzene rings is 3. The van der Waals surface area contributed by atoms with Crippen LogP contribution in [0.5, 0.6) is 5.75 Å². The topological polar surface area (TPSA) is 194 Å². The highest BCUT2D eigenvalue weighted by Gasteiger charge is 2.52. The lowest BCUT2D eigenvalue weighted by Crippen LogP contribution is -2.67. The summed E-state index contributed by atoms with van der Waals surface area (Å²) in [5, 5.41) is 3.22. The number of amides is 1. The zero-order valence-corrected chi connectivity index (χ0v) is 25.7. The second kappa shape index (κ2) is 14.1. The number of fused-ring (bicyclic) bond motifs is 1. The second-order valence-corrected chi connectivity index (χ2v) is 11.6. The summed E-state index contributed by atoms with van der Waals surface area (Å²) < 4.78 is 66.1. The molecular weight excluding hydrogens is 638 g/mol. The minimum absolute atomic E-state index is 0.0777. The van der Waals surface area contributed by atoms with Gasteiger partial charge in [-0.3, -0.25) is 9.35 Å². The Morgan fingerprint density at radius 2 is 1.47 bits per heavy atom. The molecule has 1 amide bonds. The SMILES string of the molecule is CC(=O)N[C@H]1[C@@H](Oc2ccc3c(C)cc(=O)oc3c2)O[C@H](COS(=O)(=O)O)[C@@H](OC(=O)c2ccccc2)[C@@H]1OC(=O)c1ccccc1. The molecule has 2 heterocycles. The van der Waals surface area contributed by atoms with E-state index in [0.717, 1.165) is 0 Å². The predicted octanol–water partition coefficient (Wildman–Crippen LogP) is 2.98. The van der Waals surface area contributed by atoms with Gasteiger partial charge in [0, 0.05) is 24.4 Å². The molecule has 0 saturated carbocycles. The van der Waals surface area contributed by atoms with Crippen molar-refractivity contribution in [1.82, 2.24) is 5.32 Å². The summed E-state index contributed by atoms with van der Waals surface area (Å²) in [7, 11) is -5.03. The minimum atomic E-state index is -5.03. The van der Waals surface area contributed by atoms with Gasteiger partial charge in [0.1, 0.15) is 23.5 Å². The first-order valence-electron chi connectivity index (χ1n) is 14.2. The van der Waals surface area contributed by atoms with Crippen LogP contribution in [0.15, 0.2) is 94.1 Å². The number of hydrogen-bond acceptors (Lipinski definition) is 12. The summed E-state index contributed by atoms with van der Waals surface area (Å²) in [4.78, 5) is 51.1. The van der Waals surface area contributed by atoms with Crippen LogP contribution in [-0.4, -0.2) is 68.1 Å². The third kappa shape index (κ3) is 8.39. The molecule has 0 radical (unpaired) electrons. The zero-order valence-electron chi connectivity index (χ0n) is 24.9. The second-order valence-electron chi connectivity index (χ2n) is 10.5. The number of aryl methyl sites for hydroxylation is 1. The van der Waals surface area contributed by atoms with Crippen LogP contribution in [0.3, 0.4) is 0 Å². The van der Waals surface area contributed by atoms with Crippen molar-refractivity contribution in [3.8, 4) is 5.75 Å². The smallest absolute Gasteiger partial charge is 0.397 e. The van der Waals surface area contributed by atoms with Crippen LogP contribution in [0.25, 0.3) is 11.0 Å². The highest BCUT2D eigenvalue weighted by Crippen LogP contribution is 2.31. The Morgan fingerprint density at radius 3 is 2.04 bits per heavy atom. The molecule has 1 aromatic heterocycles. The Bertz CT molecular complexity index is 1930. The molecule has 0 bridgehead atoms. The van der Waals surface area contributed by atoms with Gasteiger partial charge in [-0.1, -0.05) is 36.4 Å². The first kappa shape index (κ1) is 33.3. The molecule has 0 unspecified atom stereocenters. The van der Waals surface area contributed by atoms with Crippen LogP contribution in [-0.2, 0) is 33.6 Å². The molecule has 246 valence electrons. The maximum Gasteiger partial charge on any atom is 0.397 e. The molecule has 5 atom stereocenters. The van der Waals surface area contributed by atoms with Crippen LogP contribution in [0.1, 0.15) is 33.2 Å². The van der Waals surface area contributed by atoms with Crippen LogP contribution in [0.4, 0.5) is 0 Å². The number of esters is 2. The minimum Gasteiger partial charge on any atom is -0.462 e. The molecule has 5 rings (SSSR count). The fraction of sp³-hybridized carbons (Fsp3) is 0.250. The molecule has 1 aliphatic rings. The molecule has 1 saturated heterocycles. The molecule has 3 aromatic carbocycles. The van der Waals surface area contributed by atoms with Crippen molar-refractivity contribution in [2.75, 3.05) is 6.61 Å². The van der Waals surface area contributed by atoms with E-state index < -0.39 is 71.1 Å². The van der Waals surface area contributed by atoms with Crippen LogP contribution in [0.2, 0.25) is 0 Å². The average Bonchev–Trinajstić information content (AvgIpc) is 3.02. The van der Waals surface area contributed by atoms with Gasteiger partial charge in [0.05, 0.1) is 17.7 Å². The third-order valence-corrected chi connectivity index (χ3v) is 7.51. The lowest BCUT2D eigenvalue weighted by Gasteiger charge is -2.45.